The molecule has 0 saturated carbocycles. The van der Waals surface area contributed by atoms with Crippen molar-refractivity contribution in [2.24, 2.45) is 0 Å². The first-order chi connectivity index (χ1) is 6.98. The summed E-state index contributed by atoms with van der Waals surface area (Å²) in [5.41, 5.74) is 0. The zero-order valence-corrected chi connectivity index (χ0v) is 9.21. The van der Waals surface area contributed by atoms with Crippen LogP contribution >= 0.6 is 0 Å². The lowest BCUT2D eigenvalue weighted by Crippen LogP contribution is -2.48. The van der Waals surface area contributed by atoms with Crippen LogP contribution in [0.2, 0.25) is 0 Å². The first-order valence-electron chi connectivity index (χ1n) is 4.68. The Balaban J connectivity index is 2.68. The molecule has 0 unspecified atom stereocenters. The number of hydrogen-bond acceptors (Lipinski definition) is 4. The molecule has 0 aromatic heterocycles. The second kappa shape index (κ2) is 4.61. The summed E-state index contributed by atoms with van der Waals surface area (Å²) >= 11 is 0. The number of carbonyl (C=O) groups is 2. The molecule has 2 amide bonds. The molecule has 1 rings (SSSR count). The minimum Gasteiger partial charge on any atom is -0.353 e. The van der Waals surface area contributed by atoms with E-state index in [9.17, 15) is 18.0 Å². The quantitative estimate of drug-likeness (QED) is 0.574. The fourth-order valence-corrected chi connectivity index (χ4v) is 3.42. The van der Waals surface area contributed by atoms with Crippen molar-refractivity contribution in [1.82, 2.24) is 10.6 Å². The van der Waals surface area contributed by atoms with Gasteiger partial charge in [-0.15, -0.1) is 0 Å². The molecular weight excluding hydrogens is 220 g/mol. The van der Waals surface area contributed by atoms with E-state index in [1.54, 1.807) is 6.92 Å². The van der Waals surface area contributed by atoms with Crippen molar-refractivity contribution in [2.75, 3.05) is 11.5 Å². The maximum absolute atomic E-state index is 11.3. The van der Waals surface area contributed by atoms with Crippen LogP contribution in [0.1, 0.15) is 13.3 Å². The van der Waals surface area contributed by atoms with E-state index in [1.165, 1.54) is 0 Å². The predicted molar refractivity (Wildman–Crippen MR) is 53.9 cm³/mol. The van der Waals surface area contributed by atoms with Crippen molar-refractivity contribution in [3.05, 3.63) is 0 Å². The first-order valence-corrected chi connectivity index (χ1v) is 6.50. The minimum atomic E-state index is -3.16. The molecule has 0 spiro atoms. The van der Waals surface area contributed by atoms with Gasteiger partial charge in [0, 0.05) is 6.42 Å². The maximum atomic E-state index is 11.3. The molecule has 86 valence electrons. The fourth-order valence-electron chi connectivity index (χ4n) is 1.55. The van der Waals surface area contributed by atoms with Gasteiger partial charge in [-0.2, -0.15) is 0 Å². The van der Waals surface area contributed by atoms with Gasteiger partial charge in [-0.05, 0) is 0 Å². The molecule has 1 aliphatic rings. The second-order valence-corrected chi connectivity index (χ2v) is 5.65. The van der Waals surface area contributed by atoms with Gasteiger partial charge in [-0.3, -0.25) is 9.59 Å². The van der Waals surface area contributed by atoms with Gasteiger partial charge < -0.3 is 10.6 Å². The molecule has 0 aromatic rings. The highest BCUT2D eigenvalue weighted by Crippen LogP contribution is 2.12. The number of rotatable bonds is 4. The van der Waals surface area contributed by atoms with Crippen LogP contribution in [0.25, 0.3) is 0 Å². The van der Waals surface area contributed by atoms with Crippen molar-refractivity contribution in [3.63, 3.8) is 0 Å². The topological polar surface area (TPSA) is 92.3 Å². The average Bonchev–Trinajstić information content (AvgIpc) is 2.41. The summed E-state index contributed by atoms with van der Waals surface area (Å²) in [6.07, 6.45) is 0.751. The average molecular weight is 234 g/mol. The Morgan fingerprint density at radius 2 is 2.00 bits per heavy atom. The number of carbonyl (C=O) groups excluding carboxylic acids is 2. The molecule has 15 heavy (non-hydrogen) atoms. The lowest BCUT2D eigenvalue weighted by atomic mass is 10.1. The highest BCUT2D eigenvalue weighted by atomic mass is 32.2. The van der Waals surface area contributed by atoms with Gasteiger partial charge in [0.1, 0.15) is 0 Å². The van der Waals surface area contributed by atoms with Crippen LogP contribution in [0.4, 0.5) is 0 Å². The van der Waals surface area contributed by atoms with Crippen molar-refractivity contribution < 1.29 is 18.0 Å². The molecule has 1 aliphatic heterocycles. The molecular formula is C8H14N2O4S. The lowest BCUT2D eigenvalue weighted by Gasteiger charge is -2.17. The third-order valence-corrected chi connectivity index (χ3v) is 4.04. The molecule has 6 nitrogen and oxygen atoms in total. The fraction of sp³-hybridized carbons (Fsp3) is 0.750. The van der Waals surface area contributed by atoms with Gasteiger partial charge in [0.2, 0.25) is 12.3 Å². The van der Waals surface area contributed by atoms with Gasteiger partial charge in [0.05, 0.1) is 23.6 Å². The second-order valence-electron chi connectivity index (χ2n) is 3.50. The normalized spacial score (nSPS) is 28.3. The third-order valence-electron chi connectivity index (χ3n) is 2.30. The van der Waals surface area contributed by atoms with Crippen molar-refractivity contribution in [3.8, 4) is 0 Å². The van der Waals surface area contributed by atoms with Gasteiger partial charge in [0.25, 0.3) is 0 Å². The molecule has 7 heteroatoms. The monoisotopic (exact) mass is 234 g/mol. The van der Waals surface area contributed by atoms with Gasteiger partial charge >= 0.3 is 0 Å². The summed E-state index contributed by atoms with van der Waals surface area (Å²) in [6, 6.07) is -1.02. The molecule has 0 bridgehead atoms. The standard InChI is InChI=1S/C8H14N2O4S/c1-2-8(12)10-7-4-15(13,14)3-6(7)9-5-11/h5-7H,2-4H2,1H3,(H,9,11)(H,10,12)/t6-,7-/m0/s1. The highest BCUT2D eigenvalue weighted by Gasteiger charge is 2.37. The number of hydrogen-bond donors (Lipinski definition) is 2. The zero-order chi connectivity index (χ0) is 11.5. The Morgan fingerprint density at radius 1 is 1.40 bits per heavy atom. The summed E-state index contributed by atoms with van der Waals surface area (Å²) in [5.74, 6) is -0.431. The Hall–Kier alpha value is -1.11. The zero-order valence-electron chi connectivity index (χ0n) is 8.39. The van der Waals surface area contributed by atoms with Gasteiger partial charge in [-0.1, -0.05) is 6.92 Å². The van der Waals surface area contributed by atoms with Crippen LogP contribution < -0.4 is 10.6 Å². The molecule has 2 N–H and O–H groups in total. The molecule has 1 heterocycles. The minimum absolute atomic E-state index is 0.107. The summed E-state index contributed by atoms with van der Waals surface area (Å²) in [4.78, 5) is 21.4. The Bertz CT molecular complexity index is 352. The molecule has 1 saturated heterocycles. The van der Waals surface area contributed by atoms with E-state index in [0.717, 1.165) is 0 Å². The van der Waals surface area contributed by atoms with Crippen molar-refractivity contribution in [2.45, 2.75) is 25.4 Å². The van der Waals surface area contributed by atoms with Crippen LogP contribution in [0.5, 0.6) is 0 Å². The molecule has 1 fully saturated rings. The maximum Gasteiger partial charge on any atom is 0.220 e. The van der Waals surface area contributed by atoms with Crippen molar-refractivity contribution >= 4 is 22.2 Å². The highest BCUT2D eigenvalue weighted by molar-refractivity contribution is 7.91. The van der Waals surface area contributed by atoms with Crippen molar-refractivity contribution in [1.29, 1.82) is 0 Å². The van der Waals surface area contributed by atoms with Crippen LogP contribution in [0, 0.1) is 0 Å². The molecule has 0 radical (unpaired) electrons. The Morgan fingerprint density at radius 3 is 2.53 bits per heavy atom. The molecule has 2 atom stereocenters. The Labute approximate surface area is 88.3 Å². The van der Waals surface area contributed by atoms with Crippen LogP contribution in [-0.4, -0.2) is 44.3 Å². The van der Waals surface area contributed by atoms with Crippen LogP contribution in [0.3, 0.4) is 0 Å². The summed E-state index contributed by atoms with van der Waals surface area (Å²) in [5, 5.41) is 4.98. The SMILES string of the molecule is CCC(=O)N[C@H]1CS(=O)(=O)C[C@@H]1NC=O. The van der Waals surface area contributed by atoms with E-state index in [2.05, 4.69) is 10.6 Å². The van der Waals surface area contributed by atoms with Gasteiger partial charge in [0.15, 0.2) is 9.84 Å². The van der Waals surface area contributed by atoms with E-state index >= 15 is 0 Å². The van der Waals surface area contributed by atoms with Crippen LogP contribution in [-0.2, 0) is 19.4 Å². The third kappa shape index (κ3) is 3.19. The lowest BCUT2D eigenvalue weighted by molar-refractivity contribution is -0.121. The van der Waals surface area contributed by atoms with E-state index in [4.69, 9.17) is 0 Å². The number of amides is 2. The van der Waals surface area contributed by atoms with Gasteiger partial charge in [-0.25, -0.2) is 8.42 Å². The Kier molecular flexibility index (Phi) is 3.67. The summed E-state index contributed by atoms with van der Waals surface area (Å²) < 4.78 is 22.6. The van der Waals surface area contributed by atoms with Crippen LogP contribution in [0.15, 0.2) is 0 Å². The van der Waals surface area contributed by atoms with E-state index in [1.807, 2.05) is 0 Å². The smallest absolute Gasteiger partial charge is 0.220 e. The van der Waals surface area contributed by atoms with E-state index in [0.29, 0.717) is 12.8 Å². The summed E-state index contributed by atoms with van der Waals surface area (Å²) in [6.45, 7) is 1.68. The largest absolute Gasteiger partial charge is 0.353 e. The van der Waals surface area contributed by atoms with E-state index in [-0.39, 0.29) is 17.4 Å². The number of nitrogens with one attached hydrogen (secondary N) is 2. The molecule has 0 aromatic carbocycles. The molecule has 0 aliphatic carbocycles. The first kappa shape index (κ1) is 12.0. The van der Waals surface area contributed by atoms with E-state index < -0.39 is 21.9 Å². The number of sulfone groups is 1. The predicted octanol–water partition coefficient (Wildman–Crippen LogP) is -1.58. The summed E-state index contributed by atoms with van der Waals surface area (Å²) in [7, 11) is -3.16.